The number of fused-ring (bicyclic) bond motifs is 2. The van der Waals surface area contributed by atoms with E-state index < -0.39 is 0 Å². The van der Waals surface area contributed by atoms with Crippen LogP contribution in [0.25, 0.3) is 33.2 Å². The van der Waals surface area contributed by atoms with Crippen LogP contribution >= 0.6 is 0 Å². The third-order valence-corrected chi connectivity index (χ3v) is 9.94. The third-order valence-electron chi connectivity index (χ3n) is 9.94. The smallest absolute Gasteiger partial charge is 0.319 e. The molecule has 57 heavy (non-hydrogen) atoms. The van der Waals surface area contributed by atoms with Crippen molar-refractivity contribution in [3.8, 4) is 0 Å². The lowest BCUT2D eigenvalue weighted by Crippen LogP contribution is -2.41. The summed E-state index contributed by atoms with van der Waals surface area (Å²) in [6.45, 7) is 11.7. The summed E-state index contributed by atoms with van der Waals surface area (Å²) in [5.41, 5.74) is 10.4. The first-order chi connectivity index (χ1) is 27.6. The quantitative estimate of drug-likeness (QED) is 0.139. The molecule has 0 fully saturated rings. The summed E-state index contributed by atoms with van der Waals surface area (Å²) in [6, 6.07) is 15.9. The van der Waals surface area contributed by atoms with Crippen LogP contribution in [0.1, 0.15) is 74.6 Å². The number of urea groups is 1. The highest BCUT2D eigenvalue weighted by Gasteiger charge is 2.20. The highest BCUT2D eigenvalue weighted by Crippen LogP contribution is 2.27. The van der Waals surface area contributed by atoms with Gasteiger partial charge in [-0.1, -0.05) is 39.8 Å². The molecule has 0 aliphatic carbocycles. The van der Waals surface area contributed by atoms with Crippen molar-refractivity contribution >= 4 is 62.5 Å². The maximum Gasteiger partial charge on any atom is 0.319 e. The van der Waals surface area contributed by atoms with Crippen molar-refractivity contribution in [3.05, 3.63) is 108 Å². The Kier molecular flexibility index (Phi) is 12.0. The van der Waals surface area contributed by atoms with Gasteiger partial charge < -0.3 is 25.8 Å². The van der Waals surface area contributed by atoms with Crippen molar-refractivity contribution in [1.82, 2.24) is 55.4 Å². The van der Waals surface area contributed by atoms with Gasteiger partial charge in [-0.15, -0.1) is 10.2 Å². The van der Waals surface area contributed by atoms with Crippen molar-refractivity contribution in [1.29, 1.82) is 0 Å². The van der Waals surface area contributed by atoms with Gasteiger partial charge in [0, 0.05) is 46.1 Å². The molecule has 2 aliphatic rings. The van der Waals surface area contributed by atoms with E-state index in [0.717, 1.165) is 76.1 Å². The Morgan fingerprint density at radius 2 is 1.23 bits per heavy atom. The Morgan fingerprint density at radius 3 is 1.68 bits per heavy atom. The molecule has 0 spiro atoms. The molecule has 0 unspecified atom stereocenters. The fourth-order valence-electron chi connectivity index (χ4n) is 6.56. The SMILES string of the molecule is CC(C)c1cnnc(Nc2ccc3ncc(C4=CCN(C(=O)N(C)C)CC4)cc3n2)c1.CC(C)c1cnnc(Nc2ccc3ncc(C4=CCNCC4)cc3n2)c1. The zero-order chi connectivity index (χ0) is 39.9. The number of aromatic nitrogens is 8. The molecule has 2 aliphatic heterocycles. The Balaban J connectivity index is 0.000000177. The first-order valence-corrected chi connectivity index (χ1v) is 19.4. The van der Waals surface area contributed by atoms with E-state index in [9.17, 15) is 4.79 Å². The van der Waals surface area contributed by atoms with Gasteiger partial charge in [0.2, 0.25) is 0 Å². The molecule has 0 radical (unpaired) electrons. The number of hydrogen-bond donors (Lipinski definition) is 3. The number of carbonyl (C=O) groups is 1. The number of pyridine rings is 4. The Bertz CT molecular complexity index is 2440. The minimum atomic E-state index is 0.0361. The van der Waals surface area contributed by atoms with E-state index in [-0.39, 0.29) is 6.03 Å². The molecular formula is C43H49N13O. The van der Waals surface area contributed by atoms with Crippen molar-refractivity contribution in [3.63, 3.8) is 0 Å². The van der Waals surface area contributed by atoms with E-state index in [1.807, 2.05) is 53.7 Å². The van der Waals surface area contributed by atoms with Crippen molar-refractivity contribution in [2.75, 3.05) is 50.9 Å². The Labute approximate surface area is 333 Å². The van der Waals surface area contributed by atoms with Gasteiger partial charge in [0.1, 0.15) is 11.6 Å². The van der Waals surface area contributed by atoms with Crippen LogP contribution in [0.15, 0.2) is 85.5 Å². The molecule has 0 aromatic carbocycles. The van der Waals surface area contributed by atoms with Crippen LogP contribution in [-0.2, 0) is 0 Å². The summed E-state index contributed by atoms with van der Waals surface area (Å²) < 4.78 is 0. The van der Waals surface area contributed by atoms with Crippen LogP contribution in [-0.4, -0.2) is 96.4 Å². The van der Waals surface area contributed by atoms with E-state index >= 15 is 0 Å². The average molecular weight is 764 g/mol. The first-order valence-electron chi connectivity index (χ1n) is 19.4. The second-order valence-corrected chi connectivity index (χ2v) is 15.0. The van der Waals surface area contributed by atoms with Gasteiger partial charge in [0.15, 0.2) is 11.6 Å². The van der Waals surface area contributed by atoms with Crippen molar-refractivity contribution in [2.24, 2.45) is 0 Å². The second-order valence-electron chi connectivity index (χ2n) is 15.0. The molecule has 3 N–H and O–H groups in total. The highest BCUT2D eigenvalue weighted by atomic mass is 16.2. The highest BCUT2D eigenvalue weighted by molar-refractivity contribution is 5.83. The molecule has 292 valence electrons. The van der Waals surface area contributed by atoms with Gasteiger partial charge in [-0.2, -0.15) is 10.2 Å². The number of nitrogens with one attached hydrogen (secondary N) is 3. The monoisotopic (exact) mass is 763 g/mol. The van der Waals surface area contributed by atoms with Crippen LogP contribution in [0, 0.1) is 0 Å². The maximum absolute atomic E-state index is 12.1. The van der Waals surface area contributed by atoms with Gasteiger partial charge in [-0.3, -0.25) is 9.97 Å². The van der Waals surface area contributed by atoms with E-state index in [4.69, 9.17) is 9.97 Å². The van der Waals surface area contributed by atoms with Gasteiger partial charge in [0.05, 0.1) is 34.5 Å². The Hall–Kier alpha value is -6.41. The van der Waals surface area contributed by atoms with Gasteiger partial charge in [-0.25, -0.2) is 14.8 Å². The largest absolute Gasteiger partial charge is 0.331 e. The molecular weight excluding hydrogens is 715 g/mol. The van der Waals surface area contributed by atoms with Gasteiger partial charge in [-0.05, 0) is 113 Å². The molecule has 14 heteroatoms. The summed E-state index contributed by atoms with van der Waals surface area (Å²) in [6.07, 6.45) is 13.5. The normalized spacial score (nSPS) is 14.2. The fourth-order valence-corrected chi connectivity index (χ4v) is 6.56. The third kappa shape index (κ3) is 9.70. The molecule has 0 saturated carbocycles. The summed E-state index contributed by atoms with van der Waals surface area (Å²) in [5, 5.41) is 26.3. The van der Waals surface area contributed by atoms with Crippen molar-refractivity contribution in [2.45, 2.75) is 52.4 Å². The number of anilines is 4. The topological polar surface area (TPSA) is 163 Å². The van der Waals surface area contributed by atoms with Crippen LogP contribution in [0.3, 0.4) is 0 Å². The minimum absolute atomic E-state index is 0.0361. The van der Waals surface area contributed by atoms with Crippen LogP contribution in [0.5, 0.6) is 0 Å². The lowest BCUT2D eigenvalue weighted by atomic mass is 10.0. The fraction of sp³-hybridized carbons (Fsp3) is 0.326. The van der Waals surface area contributed by atoms with Gasteiger partial charge in [0.25, 0.3) is 0 Å². The molecule has 8 rings (SSSR count). The Morgan fingerprint density at radius 1 is 0.684 bits per heavy atom. The lowest BCUT2D eigenvalue weighted by Gasteiger charge is -2.29. The molecule has 2 amide bonds. The molecule has 14 nitrogen and oxygen atoms in total. The zero-order valence-corrected chi connectivity index (χ0v) is 33.4. The van der Waals surface area contributed by atoms with E-state index in [1.165, 1.54) is 11.1 Å². The average Bonchev–Trinajstić information content (AvgIpc) is 3.23. The summed E-state index contributed by atoms with van der Waals surface area (Å²) in [5.74, 6) is 3.59. The van der Waals surface area contributed by atoms with Crippen LogP contribution in [0.2, 0.25) is 0 Å². The molecule has 8 heterocycles. The lowest BCUT2D eigenvalue weighted by molar-refractivity contribution is 0.176. The molecule has 0 atom stereocenters. The van der Waals surface area contributed by atoms with E-state index in [1.54, 1.807) is 31.4 Å². The molecule has 0 bridgehead atoms. The predicted octanol–water partition coefficient (Wildman–Crippen LogP) is 7.72. The van der Waals surface area contributed by atoms with E-state index in [0.29, 0.717) is 42.4 Å². The number of rotatable bonds is 8. The number of amides is 2. The second kappa shape index (κ2) is 17.6. The van der Waals surface area contributed by atoms with Crippen LogP contribution < -0.4 is 16.0 Å². The molecule has 0 saturated heterocycles. The van der Waals surface area contributed by atoms with Crippen LogP contribution in [0.4, 0.5) is 28.1 Å². The first kappa shape index (κ1) is 38.8. The predicted molar refractivity (Wildman–Crippen MR) is 227 cm³/mol. The van der Waals surface area contributed by atoms with Crippen molar-refractivity contribution < 1.29 is 4.79 Å². The number of nitrogens with zero attached hydrogens (tertiary/aromatic N) is 10. The molecule has 6 aromatic heterocycles. The van der Waals surface area contributed by atoms with E-state index in [2.05, 4.69) is 98.3 Å². The maximum atomic E-state index is 12.1. The van der Waals surface area contributed by atoms with Gasteiger partial charge >= 0.3 is 6.03 Å². The standard InChI is InChI=1S/C23H27N7O.C20H22N6/c1-15(2)17-12-22(28-25-14-17)27-21-6-5-19-20(26-21)11-18(13-24-19)16-7-9-30(10-8-16)23(31)29(3)4;1-13(2)15-10-20(26-23-12-15)25-19-4-3-17-18(24-19)9-16(11-22-17)14-5-7-21-8-6-14/h5-7,11-15H,8-10H2,1-4H3,(H,26,27,28);3-5,9-13,21H,6-8H2,1-2H3,(H,24,25,26). The zero-order valence-electron chi connectivity index (χ0n) is 33.4. The summed E-state index contributed by atoms with van der Waals surface area (Å²) in [4.78, 5) is 34.2. The summed E-state index contributed by atoms with van der Waals surface area (Å²) >= 11 is 0. The molecule has 6 aromatic rings. The number of carbonyl (C=O) groups excluding carboxylic acids is 1. The minimum Gasteiger partial charge on any atom is -0.331 e. The summed E-state index contributed by atoms with van der Waals surface area (Å²) in [7, 11) is 3.55. The number of hydrogen-bond acceptors (Lipinski definition) is 12.